The van der Waals surface area contributed by atoms with Crippen molar-refractivity contribution in [1.29, 1.82) is 0 Å². The van der Waals surface area contributed by atoms with Crippen molar-refractivity contribution in [3.63, 3.8) is 0 Å². The van der Waals surface area contributed by atoms with Crippen LogP contribution in [0.2, 0.25) is 0 Å². The van der Waals surface area contributed by atoms with Crippen molar-refractivity contribution in [1.82, 2.24) is 4.90 Å². The molecule has 118 valence electrons. The minimum Gasteiger partial charge on any atom is -0.339 e. The van der Waals surface area contributed by atoms with Crippen molar-refractivity contribution in [2.45, 2.75) is 25.7 Å². The summed E-state index contributed by atoms with van der Waals surface area (Å²) in [5.41, 5.74) is -0.642. The number of benzene rings is 1. The first-order valence-corrected chi connectivity index (χ1v) is 8.61. The van der Waals surface area contributed by atoms with Gasteiger partial charge in [0.2, 0.25) is 0 Å². The van der Waals surface area contributed by atoms with Gasteiger partial charge in [0.15, 0.2) is 5.82 Å². The van der Waals surface area contributed by atoms with Gasteiger partial charge in [0.25, 0.3) is 15.0 Å². The zero-order valence-electron chi connectivity index (χ0n) is 11.9. The highest BCUT2D eigenvalue weighted by Crippen LogP contribution is 2.24. The zero-order chi connectivity index (χ0) is 16.4. The molecule has 0 fully saturated rings. The molecule has 0 unspecified atom stereocenters. The molecule has 0 aromatic heterocycles. The monoisotopic (exact) mass is 339 g/mol. The molecule has 0 bridgehead atoms. The van der Waals surface area contributed by atoms with Gasteiger partial charge in [0, 0.05) is 23.8 Å². The molecule has 0 spiro atoms. The topological polar surface area (TPSA) is 54.5 Å². The molecule has 0 saturated carbocycles. The van der Waals surface area contributed by atoms with Crippen molar-refractivity contribution in [2.75, 3.05) is 13.1 Å². The first kappa shape index (κ1) is 17.8. The number of halogens is 3. The number of carbonyl (C=O) groups is 1. The molecule has 0 aliphatic carbocycles. The summed E-state index contributed by atoms with van der Waals surface area (Å²) in [6.45, 7) is 6.06. The molecule has 21 heavy (non-hydrogen) atoms. The van der Waals surface area contributed by atoms with Crippen LogP contribution in [0.25, 0.3) is 0 Å². The second-order valence-corrected chi connectivity index (χ2v) is 7.48. The normalized spacial score (nSPS) is 11.8. The quantitative estimate of drug-likeness (QED) is 0.775. The number of carbonyl (C=O) groups excluding carboxylic acids is 1. The number of hydrogen-bond donors (Lipinski definition) is 0. The Labute approximate surface area is 127 Å². The van der Waals surface area contributed by atoms with Gasteiger partial charge in [-0.05, 0) is 25.0 Å². The fourth-order valence-electron chi connectivity index (χ4n) is 1.86. The van der Waals surface area contributed by atoms with Crippen molar-refractivity contribution >= 4 is 25.6 Å². The van der Waals surface area contributed by atoms with E-state index in [9.17, 15) is 22.0 Å². The smallest absolute Gasteiger partial charge is 0.264 e. The minimum atomic E-state index is -4.48. The lowest BCUT2D eigenvalue weighted by atomic mass is 10.1. The Kier molecular flexibility index (Phi) is 5.69. The number of amides is 1. The van der Waals surface area contributed by atoms with Gasteiger partial charge in [-0.15, -0.1) is 0 Å². The van der Waals surface area contributed by atoms with Crippen LogP contribution in [-0.2, 0) is 9.05 Å². The highest BCUT2D eigenvalue weighted by Gasteiger charge is 2.26. The Hall–Kier alpha value is -1.21. The summed E-state index contributed by atoms with van der Waals surface area (Å²) in [4.78, 5) is 12.5. The van der Waals surface area contributed by atoms with Gasteiger partial charge < -0.3 is 4.90 Å². The van der Waals surface area contributed by atoms with Gasteiger partial charge >= 0.3 is 0 Å². The molecule has 1 rings (SSSR count). The van der Waals surface area contributed by atoms with Crippen LogP contribution in [-0.4, -0.2) is 32.3 Å². The van der Waals surface area contributed by atoms with Crippen molar-refractivity contribution in [2.24, 2.45) is 5.92 Å². The summed E-state index contributed by atoms with van der Waals surface area (Å²) < 4.78 is 50.1. The van der Waals surface area contributed by atoms with Gasteiger partial charge in [-0.3, -0.25) is 4.79 Å². The molecular formula is C13H16ClF2NO3S. The lowest BCUT2D eigenvalue weighted by molar-refractivity contribution is 0.0740. The maximum absolute atomic E-state index is 14.2. The predicted molar refractivity (Wildman–Crippen MR) is 75.8 cm³/mol. The predicted octanol–water partition coefficient (Wildman–Crippen LogP) is 3.01. The van der Waals surface area contributed by atoms with Crippen LogP contribution in [0.3, 0.4) is 0 Å². The maximum Gasteiger partial charge on any atom is 0.264 e. The Morgan fingerprint density at radius 2 is 1.90 bits per heavy atom. The summed E-state index contributed by atoms with van der Waals surface area (Å²) in [6.07, 6.45) is 0. The van der Waals surface area contributed by atoms with Gasteiger partial charge in [-0.25, -0.2) is 17.2 Å². The number of hydrogen-bond acceptors (Lipinski definition) is 3. The Morgan fingerprint density at radius 1 is 1.33 bits per heavy atom. The molecule has 0 saturated heterocycles. The van der Waals surface area contributed by atoms with Crippen molar-refractivity contribution < 1.29 is 22.0 Å². The van der Waals surface area contributed by atoms with E-state index in [1.807, 2.05) is 13.8 Å². The van der Waals surface area contributed by atoms with Gasteiger partial charge in [-0.2, -0.15) is 0 Å². The van der Waals surface area contributed by atoms with E-state index in [0.29, 0.717) is 18.7 Å². The molecular weight excluding hydrogens is 324 g/mol. The van der Waals surface area contributed by atoms with E-state index in [1.165, 1.54) is 4.90 Å². The van der Waals surface area contributed by atoms with Crippen LogP contribution in [0.4, 0.5) is 8.78 Å². The van der Waals surface area contributed by atoms with Gasteiger partial charge in [0.1, 0.15) is 10.7 Å². The lowest BCUT2D eigenvalue weighted by Crippen LogP contribution is -2.34. The largest absolute Gasteiger partial charge is 0.339 e. The SMILES string of the molecule is CCN(CC(C)C)C(=O)c1cc(F)cc(S(=O)(=O)Cl)c1F. The third-order valence-corrected chi connectivity index (χ3v) is 4.07. The highest BCUT2D eigenvalue weighted by atomic mass is 35.7. The second kappa shape index (κ2) is 6.70. The van der Waals surface area contributed by atoms with Crippen molar-refractivity contribution in [3.8, 4) is 0 Å². The Morgan fingerprint density at radius 3 is 2.33 bits per heavy atom. The molecule has 1 aromatic rings. The molecule has 0 N–H and O–H groups in total. The van der Waals surface area contributed by atoms with Crippen LogP contribution >= 0.6 is 10.7 Å². The summed E-state index contributed by atoms with van der Waals surface area (Å²) in [5.74, 6) is -3.02. The zero-order valence-corrected chi connectivity index (χ0v) is 13.4. The highest BCUT2D eigenvalue weighted by molar-refractivity contribution is 8.13. The molecule has 1 amide bonds. The van der Waals surface area contributed by atoms with Crippen LogP contribution in [0.5, 0.6) is 0 Å². The third-order valence-electron chi connectivity index (χ3n) is 2.75. The third kappa shape index (κ3) is 4.38. The summed E-state index contributed by atoms with van der Waals surface area (Å²) in [7, 11) is 0.570. The Bertz CT molecular complexity index is 647. The van der Waals surface area contributed by atoms with Gasteiger partial charge in [-0.1, -0.05) is 13.8 Å². The second-order valence-electron chi connectivity index (χ2n) is 4.94. The lowest BCUT2D eigenvalue weighted by Gasteiger charge is -2.23. The number of nitrogens with zero attached hydrogens (tertiary/aromatic N) is 1. The van der Waals surface area contributed by atoms with E-state index >= 15 is 0 Å². The van der Waals surface area contributed by atoms with E-state index in [1.54, 1.807) is 6.92 Å². The molecule has 4 nitrogen and oxygen atoms in total. The molecule has 0 aliphatic rings. The van der Waals surface area contributed by atoms with Crippen LogP contribution in [0, 0.1) is 17.6 Å². The average molecular weight is 340 g/mol. The molecule has 0 radical (unpaired) electrons. The molecule has 0 heterocycles. The van der Waals surface area contributed by atoms with Gasteiger partial charge in [0.05, 0.1) is 5.56 Å². The van der Waals surface area contributed by atoms with Crippen LogP contribution in [0.15, 0.2) is 17.0 Å². The summed E-state index contributed by atoms with van der Waals surface area (Å²) in [5, 5.41) is 0. The molecule has 8 heteroatoms. The van der Waals surface area contributed by atoms with E-state index in [0.717, 1.165) is 0 Å². The first-order valence-electron chi connectivity index (χ1n) is 6.30. The fourth-order valence-corrected chi connectivity index (χ4v) is 2.78. The van der Waals surface area contributed by atoms with E-state index in [-0.39, 0.29) is 12.5 Å². The van der Waals surface area contributed by atoms with Crippen LogP contribution < -0.4 is 0 Å². The summed E-state index contributed by atoms with van der Waals surface area (Å²) in [6, 6.07) is 1.12. The fraction of sp³-hybridized carbons (Fsp3) is 0.462. The Balaban J connectivity index is 3.36. The first-order chi connectivity index (χ1) is 9.57. The van der Waals surface area contributed by atoms with Crippen molar-refractivity contribution in [3.05, 3.63) is 29.3 Å². The number of rotatable bonds is 5. The standard InChI is InChI=1S/C13H16ClF2NO3S/c1-4-17(7-8(2)3)13(18)10-5-9(15)6-11(12(10)16)21(14,19)20/h5-6,8H,4,7H2,1-3H3. The minimum absolute atomic E-state index is 0.127. The molecule has 1 aromatic carbocycles. The van der Waals surface area contributed by atoms with E-state index < -0.39 is 37.1 Å². The molecule has 0 atom stereocenters. The van der Waals surface area contributed by atoms with E-state index in [2.05, 4.69) is 0 Å². The van der Waals surface area contributed by atoms with E-state index in [4.69, 9.17) is 10.7 Å². The molecule has 0 aliphatic heterocycles. The van der Waals surface area contributed by atoms with Crippen LogP contribution in [0.1, 0.15) is 31.1 Å². The maximum atomic E-state index is 14.2. The summed E-state index contributed by atoms with van der Waals surface area (Å²) >= 11 is 0. The average Bonchev–Trinajstić information content (AvgIpc) is 2.36.